The molecule has 0 radical (unpaired) electrons. The van der Waals surface area contributed by atoms with Gasteiger partial charge in [0.2, 0.25) is 5.78 Å². The maximum atomic E-state index is 15.1. The number of ketones is 1. The van der Waals surface area contributed by atoms with Crippen LogP contribution in [0.3, 0.4) is 0 Å². The van der Waals surface area contributed by atoms with E-state index in [9.17, 15) is 24.0 Å². The van der Waals surface area contributed by atoms with E-state index < -0.39 is 58.6 Å². The number of ether oxygens (including phenoxy) is 6. The zero-order valence-corrected chi connectivity index (χ0v) is 30.4. The number of benzene rings is 2. The summed E-state index contributed by atoms with van der Waals surface area (Å²) >= 11 is 0. The molecule has 2 aromatic carbocycles. The summed E-state index contributed by atoms with van der Waals surface area (Å²) in [5, 5.41) is 0. The van der Waals surface area contributed by atoms with Gasteiger partial charge in [-0.05, 0) is 96.0 Å². The van der Waals surface area contributed by atoms with E-state index >= 15 is 4.39 Å². The number of likely N-dealkylation sites (tertiary alicyclic amines) is 1. The monoisotopic (exact) mass is 713 g/mol. The predicted molar refractivity (Wildman–Crippen MR) is 184 cm³/mol. The van der Waals surface area contributed by atoms with Gasteiger partial charge in [-0.25, -0.2) is 18.8 Å². The third kappa shape index (κ3) is 11.5. The van der Waals surface area contributed by atoms with E-state index in [2.05, 4.69) is 6.58 Å². The van der Waals surface area contributed by atoms with Crippen LogP contribution in [0.1, 0.15) is 77.5 Å². The van der Waals surface area contributed by atoms with Crippen molar-refractivity contribution in [2.45, 2.75) is 84.5 Å². The lowest BCUT2D eigenvalue weighted by molar-refractivity contribution is -0.165. The normalized spacial score (nSPS) is 15.2. The first-order chi connectivity index (χ1) is 24.0. The second kappa shape index (κ2) is 17.8. The van der Waals surface area contributed by atoms with Crippen molar-refractivity contribution in [2.24, 2.45) is 5.41 Å². The average molecular weight is 714 g/mol. The van der Waals surface area contributed by atoms with Gasteiger partial charge in [0, 0.05) is 18.7 Å². The van der Waals surface area contributed by atoms with Crippen LogP contribution in [0.25, 0.3) is 0 Å². The molecule has 0 aliphatic carbocycles. The van der Waals surface area contributed by atoms with Crippen LogP contribution in [-0.4, -0.2) is 80.1 Å². The van der Waals surface area contributed by atoms with E-state index in [1.807, 2.05) is 0 Å². The summed E-state index contributed by atoms with van der Waals surface area (Å²) in [6.07, 6.45) is 1.63. The molecule has 1 fully saturated rings. The SMILES string of the molecule is C=CC(=O)OCC(C)(C)C(=O)C(=O)N1CCCC[C@H]1C(=O)O[C@H](CCc1cc(OC)c(OC)cc1F)c1cccc(OCC(=O)OC(C)(C)C)c1. The summed E-state index contributed by atoms with van der Waals surface area (Å²) in [5.41, 5.74) is -1.30. The van der Waals surface area contributed by atoms with Gasteiger partial charge >= 0.3 is 17.9 Å². The van der Waals surface area contributed by atoms with Gasteiger partial charge in [0.15, 0.2) is 18.1 Å². The number of Topliss-reactive ketones (excluding diaryl/α,β-unsaturated/α-hetero) is 1. The van der Waals surface area contributed by atoms with E-state index in [1.165, 1.54) is 45.1 Å². The van der Waals surface area contributed by atoms with Gasteiger partial charge in [0.1, 0.15) is 35.9 Å². The smallest absolute Gasteiger partial charge is 0.344 e. The van der Waals surface area contributed by atoms with Crippen molar-refractivity contribution in [3.8, 4) is 17.2 Å². The molecule has 13 heteroatoms. The van der Waals surface area contributed by atoms with Crippen molar-refractivity contribution in [1.82, 2.24) is 4.90 Å². The highest BCUT2D eigenvalue weighted by Crippen LogP contribution is 2.34. The molecule has 0 unspecified atom stereocenters. The van der Waals surface area contributed by atoms with Gasteiger partial charge < -0.3 is 33.3 Å². The lowest BCUT2D eigenvalue weighted by atomic mass is 9.87. The maximum Gasteiger partial charge on any atom is 0.344 e. The van der Waals surface area contributed by atoms with Crippen LogP contribution in [0.5, 0.6) is 17.2 Å². The van der Waals surface area contributed by atoms with Crippen LogP contribution in [0.2, 0.25) is 0 Å². The maximum absolute atomic E-state index is 15.1. The Labute approximate surface area is 298 Å². The van der Waals surface area contributed by atoms with Gasteiger partial charge in [-0.2, -0.15) is 0 Å². The Hall–Kier alpha value is -4.94. The number of carbonyl (C=O) groups excluding carboxylic acids is 5. The molecule has 0 N–H and O–H groups in total. The minimum absolute atomic E-state index is 0.106. The van der Waals surface area contributed by atoms with Crippen LogP contribution in [0.4, 0.5) is 4.39 Å². The molecule has 3 rings (SSSR count). The van der Waals surface area contributed by atoms with Crippen molar-refractivity contribution < 1.29 is 56.8 Å². The molecule has 1 aliphatic heterocycles. The summed E-state index contributed by atoms with van der Waals surface area (Å²) in [7, 11) is 2.83. The third-order valence-electron chi connectivity index (χ3n) is 8.08. The fraction of sp³-hybridized carbons (Fsp3) is 0.500. The lowest BCUT2D eigenvalue weighted by Crippen LogP contribution is -2.53. The standard InChI is InChI=1S/C38H48FNO11/c1-9-32(41)49-23-38(5,6)34(43)35(44)40-18-11-10-15-28(40)36(45)50-29(17-16-24-20-30(46-7)31(47-8)21-27(24)39)25-13-12-14-26(19-25)48-22-33(42)51-37(2,3)4/h9,12-14,19-21,28-29H,1,10-11,15-18,22-23H2,2-8H3/t28-,29+/m0/s1. The second-order valence-corrected chi connectivity index (χ2v) is 13.7. The minimum atomic E-state index is -1.37. The van der Waals surface area contributed by atoms with Gasteiger partial charge in [0.05, 0.1) is 19.6 Å². The zero-order valence-electron chi connectivity index (χ0n) is 30.4. The number of halogens is 1. The Bertz CT molecular complexity index is 1600. The molecule has 1 saturated heterocycles. The minimum Gasteiger partial charge on any atom is -0.493 e. The number of hydrogen-bond donors (Lipinski definition) is 0. The molecule has 0 spiro atoms. The quantitative estimate of drug-likeness (QED) is 0.0944. The molecule has 1 heterocycles. The Morgan fingerprint density at radius 3 is 2.33 bits per heavy atom. The largest absolute Gasteiger partial charge is 0.493 e. The van der Waals surface area contributed by atoms with Crippen LogP contribution >= 0.6 is 0 Å². The second-order valence-electron chi connectivity index (χ2n) is 13.7. The summed E-state index contributed by atoms with van der Waals surface area (Å²) in [4.78, 5) is 65.9. The Kier molecular flexibility index (Phi) is 14.1. The van der Waals surface area contributed by atoms with Gasteiger partial charge in [-0.15, -0.1) is 0 Å². The van der Waals surface area contributed by atoms with Gasteiger partial charge in [-0.3, -0.25) is 9.59 Å². The van der Waals surface area contributed by atoms with Crippen LogP contribution < -0.4 is 14.2 Å². The molecule has 2 aromatic rings. The topological polar surface area (TPSA) is 144 Å². The van der Waals surface area contributed by atoms with Crippen LogP contribution in [0, 0.1) is 11.2 Å². The number of carbonyl (C=O) groups is 5. The number of amides is 1. The Balaban J connectivity index is 1.89. The molecule has 0 aromatic heterocycles. The molecule has 2 atom stereocenters. The molecular weight excluding hydrogens is 665 g/mol. The van der Waals surface area contributed by atoms with E-state index in [0.717, 1.165) is 6.08 Å². The summed E-state index contributed by atoms with van der Waals surface area (Å²) < 4.78 is 47.8. The number of rotatable bonds is 16. The van der Waals surface area contributed by atoms with Crippen molar-refractivity contribution in [3.05, 3.63) is 66.0 Å². The molecule has 278 valence electrons. The number of aryl methyl sites for hydroxylation is 1. The number of methoxy groups -OCH3 is 2. The van der Waals surface area contributed by atoms with E-state index in [4.69, 9.17) is 28.4 Å². The number of piperidine rings is 1. The molecule has 0 saturated carbocycles. The molecular formula is C38H48FNO11. The van der Waals surface area contributed by atoms with Crippen molar-refractivity contribution in [1.29, 1.82) is 0 Å². The first kappa shape index (κ1) is 40.5. The highest BCUT2D eigenvalue weighted by Gasteiger charge is 2.42. The fourth-order valence-corrected chi connectivity index (χ4v) is 5.42. The van der Waals surface area contributed by atoms with Gasteiger partial charge in [0.25, 0.3) is 5.91 Å². The first-order valence-electron chi connectivity index (χ1n) is 16.7. The summed E-state index contributed by atoms with van der Waals surface area (Å²) in [5.74, 6) is -3.47. The van der Waals surface area contributed by atoms with E-state index in [0.29, 0.717) is 29.9 Å². The fourth-order valence-electron chi connectivity index (χ4n) is 5.42. The van der Waals surface area contributed by atoms with Crippen molar-refractivity contribution >= 4 is 29.6 Å². The molecule has 1 aliphatic rings. The summed E-state index contributed by atoms with van der Waals surface area (Å²) in [6, 6.07) is 8.23. The molecule has 12 nitrogen and oxygen atoms in total. The molecule has 1 amide bonds. The first-order valence-corrected chi connectivity index (χ1v) is 16.7. The van der Waals surface area contributed by atoms with Gasteiger partial charge in [-0.1, -0.05) is 18.7 Å². The number of esters is 3. The molecule has 51 heavy (non-hydrogen) atoms. The highest BCUT2D eigenvalue weighted by atomic mass is 19.1. The van der Waals surface area contributed by atoms with E-state index in [-0.39, 0.29) is 50.3 Å². The Morgan fingerprint density at radius 2 is 1.69 bits per heavy atom. The predicted octanol–water partition coefficient (Wildman–Crippen LogP) is 5.49. The Morgan fingerprint density at radius 1 is 1.00 bits per heavy atom. The zero-order chi connectivity index (χ0) is 37.9. The van der Waals surface area contributed by atoms with Crippen LogP contribution in [-0.2, 0) is 44.6 Å². The lowest BCUT2D eigenvalue weighted by Gasteiger charge is -2.36. The number of hydrogen-bond acceptors (Lipinski definition) is 11. The van der Waals surface area contributed by atoms with Crippen LogP contribution in [0.15, 0.2) is 49.1 Å². The highest BCUT2D eigenvalue weighted by molar-refractivity contribution is 6.38. The van der Waals surface area contributed by atoms with Crippen molar-refractivity contribution in [2.75, 3.05) is 34.0 Å². The number of nitrogens with zero attached hydrogens (tertiary/aromatic N) is 1. The molecule has 0 bridgehead atoms. The average Bonchev–Trinajstić information content (AvgIpc) is 3.10. The summed E-state index contributed by atoms with van der Waals surface area (Å²) in [6.45, 7) is 10.9. The van der Waals surface area contributed by atoms with Crippen molar-refractivity contribution in [3.63, 3.8) is 0 Å². The third-order valence-corrected chi connectivity index (χ3v) is 8.08. The van der Waals surface area contributed by atoms with E-state index in [1.54, 1.807) is 45.0 Å².